The van der Waals surface area contributed by atoms with Crippen molar-refractivity contribution in [2.45, 2.75) is 44.6 Å². The predicted octanol–water partition coefficient (Wildman–Crippen LogP) is 3.97. The molecule has 0 fully saturated rings. The molecule has 2 aromatic rings. The number of amides is 1. The van der Waals surface area contributed by atoms with Gasteiger partial charge >= 0.3 is 12.4 Å². The van der Waals surface area contributed by atoms with Gasteiger partial charge in [0.1, 0.15) is 6.04 Å². The van der Waals surface area contributed by atoms with Gasteiger partial charge in [0, 0.05) is 11.8 Å². The molecule has 1 aromatic heterocycles. The Morgan fingerprint density at radius 2 is 1.62 bits per heavy atom. The molecule has 3 rings (SSSR count). The summed E-state index contributed by atoms with van der Waals surface area (Å²) in [7, 11) is 0. The van der Waals surface area contributed by atoms with Crippen molar-refractivity contribution in [1.82, 2.24) is 9.78 Å². The van der Waals surface area contributed by atoms with Gasteiger partial charge in [-0.1, -0.05) is 0 Å². The molecular formula is C18H15F6N3O2. The maximum absolute atomic E-state index is 12.9. The summed E-state index contributed by atoms with van der Waals surface area (Å²) >= 11 is 0. The number of hydrogen-bond donors (Lipinski definition) is 1. The minimum atomic E-state index is -5.04. The SMILES string of the molecule is CC(C(=O)Nc1cc(C(F)(F)F)cc(C(F)(F)F)c1)n1nc2c(cc1=O)CCC2. The number of alkyl halides is 6. The molecule has 0 aliphatic heterocycles. The summed E-state index contributed by atoms with van der Waals surface area (Å²) in [5.74, 6) is -0.968. The van der Waals surface area contributed by atoms with Crippen molar-refractivity contribution in [2.75, 3.05) is 5.32 Å². The summed E-state index contributed by atoms with van der Waals surface area (Å²) < 4.78 is 78.5. The van der Waals surface area contributed by atoms with Crippen LogP contribution in [0.3, 0.4) is 0 Å². The van der Waals surface area contributed by atoms with Crippen molar-refractivity contribution >= 4 is 11.6 Å². The smallest absolute Gasteiger partial charge is 0.324 e. The lowest BCUT2D eigenvalue weighted by Crippen LogP contribution is -2.34. The minimum absolute atomic E-state index is 0.0361. The van der Waals surface area contributed by atoms with Gasteiger partial charge in [-0.05, 0) is 49.9 Å². The first-order chi connectivity index (χ1) is 13.4. The fourth-order valence-corrected chi connectivity index (χ4v) is 3.08. The van der Waals surface area contributed by atoms with Crippen LogP contribution in [0.2, 0.25) is 0 Å². The number of fused-ring (bicyclic) bond motifs is 1. The van der Waals surface area contributed by atoms with E-state index in [0.717, 1.165) is 16.7 Å². The van der Waals surface area contributed by atoms with E-state index in [1.54, 1.807) is 0 Å². The summed E-state index contributed by atoms with van der Waals surface area (Å²) in [4.78, 5) is 24.6. The first-order valence-corrected chi connectivity index (χ1v) is 8.58. The third kappa shape index (κ3) is 4.43. The second-order valence-electron chi connectivity index (χ2n) is 6.71. The third-order valence-corrected chi connectivity index (χ3v) is 4.58. The lowest BCUT2D eigenvalue weighted by atomic mass is 10.1. The van der Waals surface area contributed by atoms with Gasteiger partial charge in [-0.25, -0.2) is 4.68 Å². The van der Waals surface area contributed by atoms with Gasteiger partial charge in [0.05, 0.1) is 16.8 Å². The Kier molecular flexibility index (Phi) is 5.18. The maximum Gasteiger partial charge on any atom is 0.416 e. The molecule has 29 heavy (non-hydrogen) atoms. The number of nitrogens with one attached hydrogen (secondary N) is 1. The van der Waals surface area contributed by atoms with E-state index in [4.69, 9.17) is 0 Å². The average molecular weight is 419 g/mol. The van der Waals surface area contributed by atoms with Crippen molar-refractivity contribution in [3.8, 4) is 0 Å². The molecule has 1 N–H and O–H groups in total. The number of anilines is 1. The Balaban J connectivity index is 1.91. The molecule has 0 radical (unpaired) electrons. The molecule has 1 heterocycles. The van der Waals surface area contributed by atoms with Crippen LogP contribution in [0.1, 0.15) is 41.8 Å². The lowest BCUT2D eigenvalue weighted by molar-refractivity contribution is -0.143. The number of rotatable bonds is 3. The Hall–Kier alpha value is -2.85. The van der Waals surface area contributed by atoms with E-state index in [1.807, 2.05) is 5.32 Å². The molecule has 11 heteroatoms. The van der Waals surface area contributed by atoms with E-state index >= 15 is 0 Å². The normalized spacial score (nSPS) is 15.1. The average Bonchev–Trinajstić information content (AvgIpc) is 3.05. The lowest BCUT2D eigenvalue weighted by Gasteiger charge is -2.17. The number of aromatic nitrogens is 2. The van der Waals surface area contributed by atoms with Crippen LogP contribution in [-0.4, -0.2) is 15.7 Å². The van der Waals surface area contributed by atoms with Crippen molar-refractivity contribution in [3.63, 3.8) is 0 Å². The van der Waals surface area contributed by atoms with Crippen LogP contribution in [0, 0.1) is 0 Å². The summed E-state index contributed by atoms with van der Waals surface area (Å²) in [6, 6.07) is 0.867. The van der Waals surface area contributed by atoms with E-state index in [-0.39, 0.29) is 6.07 Å². The zero-order chi connectivity index (χ0) is 21.6. The van der Waals surface area contributed by atoms with E-state index < -0.39 is 46.7 Å². The van der Waals surface area contributed by atoms with Crippen molar-refractivity contribution in [1.29, 1.82) is 0 Å². The molecule has 156 valence electrons. The van der Waals surface area contributed by atoms with Gasteiger partial charge in [0.25, 0.3) is 5.56 Å². The first-order valence-electron chi connectivity index (χ1n) is 8.58. The van der Waals surface area contributed by atoms with Gasteiger partial charge in [-0.3, -0.25) is 9.59 Å². The van der Waals surface area contributed by atoms with Crippen LogP contribution in [-0.2, 0) is 30.0 Å². The molecule has 0 saturated carbocycles. The number of benzene rings is 1. The molecule has 1 unspecified atom stereocenters. The molecule has 1 amide bonds. The molecule has 1 aromatic carbocycles. The first kappa shape index (κ1) is 20.9. The Morgan fingerprint density at radius 3 is 2.17 bits per heavy atom. The number of aryl methyl sites for hydroxylation is 2. The van der Waals surface area contributed by atoms with Crippen LogP contribution in [0.5, 0.6) is 0 Å². The Labute approximate surface area is 160 Å². The molecule has 5 nitrogen and oxygen atoms in total. The standard InChI is InChI=1S/C18H15F6N3O2/c1-9(27-15(28)5-10-3-2-4-14(10)26-27)16(29)25-13-7-11(17(19,20)21)6-12(8-13)18(22,23)24/h5-9H,2-4H2,1H3,(H,25,29). The van der Waals surface area contributed by atoms with Gasteiger partial charge in [0.15, 0.2) is 0 Å². The topological polar surface area (TPSA) is 64.0 Å². The highest BCUT2D eigenvalue weighted by molar-refractivity contribution is 5.93. The van der Waals surface area contributed by atoms with Gasteiger partial charge in [0.2, 0.25) is 5.91 Å². The second kappa shape index (κ2) is 7.20. The fraction of sp³-hybridized carbons (Fsp3) is 0.389. The highest BCUT2D eigenvalue weighted by Gasteiger charge is 2.37. The van der Waals surface area contributed by atoms with Crippen molar-refractivity contribution in [3.05, 3.63) is 57.0 Å². The number of carbonyl (C=O) groups is 1. The number of hydrogen-bond acceptors (Lipinski definition) is 3. The Morgan fingerprint density at radius 1 is 1.03 bits per heavy atom. The zero-order valence-corrected chi connectivity index (χ0v) is 15.0. The van der Waals surface area contributed by atoms with Crippen LogP contribution in [0.25, 0.3) is 0 Å². The number of carbonyl (C=O) groups excluding carboxylic acids is 1. The molecule has 1 atom stereocenters. The van der Waals surface area contributed by atoms with Gasteiger partial charge < -0.3 is 5.32 Å². The molecular weight excluding hydrogens is 404 g/mol. The number of nitrogens with zero attached hydrogens (tertiary/aromatic N) is 2. The molecule has 0 saturated heterocycles. The fourth-order valence-electron chi connectivity index (χ4n) is 3.08. The molecule has 0 bridgehead atoms. The largest absolute Gasteiger partial charge is 0.416 e. The van der Waals surface area contributed by atoms with E-state index in [1.165, 1.54) is 13.0 Å². The summed E-state index contributed by atoms with van der Waals surface area (Å²) in [5.41, 5.74) is -2.95. The highest BCUT2D eigenvalue weighted by Crippen LogP contribution is 2.37. The monoisotopic (exact) mass is 419 g/mol. The third-order valence-electron chi connectivity index (χ3n) is 4.58. The van der Waals surface area contributed by atoms with E-state index in [2.05, 4.69) is 5.10 Å². The summed E-state index contributed by atoms with van der Waals surface area (Å²) in [5, 5.41) is 6.13. The molecule has 1 aliphatic carbocycles. The van der Waals surface area contributed by atoms with E-state index in [9.17, 15) is 35.9 Å². The predicted molar refractivity (Wildman–Crippen MR) is 90.3 cm³/mol. The van der Waals surface area contributed by atoms with Gasteiger partial charge in [-0.15, -0.1) is 0 Å². The summed E-state index contributed by atoms with van der Waals surface area (Å²) in [6.45, 7) is 1.28. The second-order valence-corrected chi connectivity index (χ2v) is 6.71. The highest BCUT2D eigenvalue weighted by atomic mass is 19.4. The Bertz CT molecular complexity index is 978. The zero-order valence-electron chi connectivity index (χ0n) is 15.0. The van der Waals surface area contributed by atoms with Gasteiger partial charge in [-0.2, -0.15) is 31.4 Å². The molecule has 0 spiro atoms. The van der Waals surface area contributed by atoms with Crippen LogP contribution >= 0.6 is 0 Å². The minimum Gasteiger partial charge on any atom is -0.324 e. The number of halogens is 6. The van der Waals surface area contributed by atoms with Crippen LogP contribution in [0.15, 0.2) is 29.1 Å². The van der Waals surface area contributed by atoms with Crippen molar-refractivity contribution < 1.29 is 31.1 Å². The van der Waals surface area contributed by atoms with E-state index in [0.29, 0.717) is 30.7 Å². The molecule has 1 aliphatic rings. The maximum atomic E-state index is 12.9. The summed E-state index contributed by atoms with van der Waals surface area (Å²) in [6.07, 6.45) is -7.97. The quantitative estimate of drug-likeness (QED) is 0.766. The van der Waals surface area contributed by atoms with Crippen LogP contribution in [0.4, 0.5) is 32.0 Å². The van der Waals surface area contributed by atoms with Crippen molar-refractivity contribution in [2.24, 2.45) is 0 Å². The van der Waals surface area contributed by atoms with Crippen LogP contribution < -0.4 is 10.9 Å².